The van der Waals surface area contributed by atoms with Gasteiger partial charge in [0.05, 0.1) is 72.2 Å². The van der Waals surface area contributed by atoms with E-state index in [-0.39, 0.29) is 0 Å². The molecule has 0 radical (unpaired) electrons. The first-order chi connectivity index (χ1) is 65.7. The minimum Gasteiger partial charge on any atom is -0.394 e. The fraction of sp³-hybridized carbons (Fsp3) is 0.923. The maximum absolute atomic E-state index is 13.4. The summed E-state index contributed by atoms with van der Waals surface area (Å²) in [6.07, 6.45) is -105. The molecule has 0 saturated carbocycles. The van der Waals surface area contributed by atoms with Crippen molar-refractivity contribution < 1.29 is 271 Å². The second kappa shape index (κ2) is 50.0. The smallest absolute Gasteiger partial charge is 0.217 e. The first-order valence-electron chi connectivity index (χ1n) is 44.5. The molecule has 0 aromatic rings. The van der Waals surface area contributed by atoms with Gasteiger partial charge in [0.15, 0.2) is 69.2 Å². The SMILES string of the molecule is CC(=O)N[C@@H]1[C@H](O[C@@H]2[C@@H](O[C@@H]3[C@H](O)[C@H](O[C@H]4[C@H](O)[C@@H](NC(C)=O)[C@H](O[C@H]5[C@H](O)[C@@H](NC(C)=O)[C@H](O)O[C@@H]5CO)O[C@@H]4CO)O[C@H](CO[C@H]4O[C@H](CO[C@@H]5O[C@H](CO)[C@@H](O)[C@H](O)[C@H]5NC(C)=O)[C@@H](O)[C@H](O)[C@@H]4O[C@@H]4O[C@H](CO)[C@@H](O[C@@H]5O[C@H](CO)[C@H](O)[C@H](O)[C@H]5O[C@@H]5O[C@@H](C)[C@@H](O)[C@@H](O)[C@@H]5O)[C@H](O)[C@H]4NC(C)=O)[C@H]3O)O[C@H](CO)[C@@H](O[C@@H]3O[C@H](CO)[C@@H](O)[C@H](O)[C@H]3NC(C)=O)[C@@H]2O)O[C@H](CO)[C@@H](O)[C@@H]1O. The van der Waals surface area contributed by atoms with Crippen molar-refractivity contribution in [2.45, 2.75) is 386 Å². The molecule has 61 nitrogen and oxygen atoms in total. The molecular formula is C78H130N6O55. The third kappa shape index (κ3) is 25.8. The van der Waals surface area contributed by atoms with Crippen LogP contribution < -0.4 is 31.9 Å². The van der Waals surface area contributed by atoms with Gasteiger partial charge < -0.3 is 274 Å². The molecule has 11 aliphatic heterocycles. The van der Waals surface area contributed by atoms with E-state index in [1.54, 1.807) is 0 Å². The van der Waals surface area contributed by atoms with Crippen molar-refractivity contribution in [3.8, 4) is 0 Å². The van der Waals surface area contributed by atoms with Gasteiger partial charge in [-0.25, -0.2) is 0 Å². The molecule has 0 aromatic heterocycles. The summed E-state index contributed by atoms with van der Waals surface area (Å²) in [6.45, 7) is -4.84. The van der Waals surface area contributed by atoms with E-state index in [2.05, 4.69) is 31.9 Å². The molecule has 0 bridgehead atoms. The highest BCUT2D eigenvalue weighted by Gasteiger charge is 2.63. The predicted molar refractivity (Wildman–Crippen MR) is 430 cm³/mol. The van der Waals surface area contributed by atoms with Gasteiger partial charge >= 0.3 is 0 Å². The van der Waals surface area contributed by atoms with Crippen molar-refractivity contribution in [2.75, 3.05) is 66.1 Å². The highest BCUT2D eigenvalue weighted by atomic mass is 16.8. The minimum atomic E-state index is -2.73. The summed E-state index contributed by atoms with van der Waals surface area (Å²) in [5.74, 6) is -5.63. The lowest BCUT2D eigenvalue weighted by molar-refractivity contribution is -0.403. The Labute approximate surface area is 788 Å². The number of carbonyl (C=O) groups excluding carboxylic acids is 6. The van der Waals surface area contributed by atoms with Gasteiger partial charge in [0.25, 0.3) is 0 Å². The second-order valence-electron chi connectivity index (χ2n) is 35.3. The van der Waals surface area contributed by atoms with Gasteiger partial charge in [-0.15, -0.1) is 0 Å². The predicted octanol–water partition coefficient (Wildman–Crippen LogP) is -23.1. The average molecular weight is 2030 g/mol. The second-order valence-corrected chi connectivity index (χ2v) is 35.3. The lowest BCUT2D eigenvalue weighted by Crippen LogP contribution is -2.71. The third-order valence-electron chi connectivity index (χ3n) is 25.3. The van der Waals surface area contributed by atoms with Gasteiger partial charge in [0.1, 0.15) is 262 Å². The van der Waals surface area contributed by atoms with Crippen LogP contribution in [0.1, 0.15) is 48.5 Å². The fourth-order valence-electron chi connectivity index (χ4n) is 18.1. The molecule has 61 heteroatoms. The fourth-order valence-corrected chi connectivity index (χ4v) is 18.1. The summed E-state index contributed by atoms with van der Waals surface area (Å²) in [6, 6.07) is -11.4. The van der Waals surface area contributed by atoms with Crippen LogP contribution in [0, 0.1) is 0 Å². The summed E-state index contributed by atoms with van der Waals surface area (Å²) in [5.41, 5.74) is 0. The van der Waals surface area contributed by atoms with Gasteiger partial charge in [0.2, 0.25) is 35.4 Å². The Morgan fingerprint density at radius 2 is 0.446 bits per heavy atom. The molecule has 11 aliphatic rings. The number of rotatable bonds is 36. The van der Waals surface area contributed by atoms with E-state index in [1.807, 2.05) is 0 Å². The Hall–Kier alpha value is -5.14. The Bertz CT molecular complexity index is 3900. The number of nitrogens with one attached hydrogen (secondary N) is 6. The van der Waals surface area contributed by atoms with Gasteiger partial charge in [0, 0.05) is 41.5 Å². The van der Waals surface area contributed by atoms with Crippen LogP contribution in [0.3, 0.4) is 0 Å². The van der Waals surface area contributed by atoms with Crippen molar-refractivity contribution >= 4 is 35.4 Å². The molecule has 0 aromatic carbocycles. The number of hydrogen-bond donors (Lipinski definition) is 34. The van der Waals surface area contributed by atoms with Crippen LogP contribution in [0.25, 0.3) is 0 Å². The van der Waals surface area contributed by atoms with Crippen molar-refractivity contribution in [1.82, 2.24) is 31.9 Å². The highest BCUT2D eigenvalue weighted by molar-refractivity contribution is 5.75. The lowest BCUT2D eigenvalue weighted by atomic mass is 9.93. The van der Waals surface area contributed by atoms with Crippen molar-refractivity contribution in [3.05, 3.63) is 0 Å². The molecule has 802 valence electrons. The largest absolute Gasteiger partial charge is 0.394 e. The molecule has 11 fully saturated rings. The lowest BCUT2D eigenvalue weighted by Gasteiger charge is -2.52. The van der Waals surface area contributed by atoms with Crippen LogP contribution in [-0.4, -0.2) is 582 Å². The van der Waals surface area contributed by atoms with E-state index in [1.165, 1.54) is 6.92 Å². The van der Waals surface area contributed by atoms with Gasteiger partial charge in [-0.05, 0) is 6.92 Å². The average Bonchev–Trinajstić information content (AvgIpc) is 0.758. The van der Waals surface area contributed by atoms with E-state index in [0.717, 1.165) is 41.5 Å². The number of ether oxygens (including phenoxy) is 21. The maximum atomic E-state index is 13.4. The normalized spacial score (nSPS) is 48.3. The van der Waals surface area contributed by atoms with Crippen LogP contribution in [-0.2, 0) is 128 Å². The summed E-state index contributed by atoms with van der Waals surface area (Å²) in [7, 11) is 0. The maximum Gasteiger partial charge on any atom is 0.217 e. The molecule has 11 heterocycles. The summed E-state index contributed by atoms with van der Waals surface area (Å²) in [5, 5.41) is 333. The first-order valence-corrected chi connectivity index (χ1v) is 44.5. The Balaban J connectivity index is 0.995. The van der Waals surface area contributed by atoms with E-state index < -0.39 is 439 Å². The zero-order valence-corrected chi connectivity index (χ0v) is 75.4. The molecule has 0 spiro atoms. The van der Waals surface area contributed by atoms with Gasteiger partial charge in [-0.1, -0.05) is 0 Å². The van der Waals surface area contributed by atoms with E-state index in [4.69, 9.17) is 99.5 Å². The standard InChI is InChI=1S/C78H130N6O55/c1-18-41(99)54(112)57(115)74(121-18)139-66-55(113)45(103)28(11-88)126-77(66)135-62-31(14-91)128-73(40(53(62)111)84-24(7)98)137-65-56(114)46(104)33(16-119-69-36(80-20(3)94)48(106)42(100)25(8-85)123-69)131-76(65)120-17-34-47(105)64(59(117)75(130-34)134-61-30(13-90)127-72(39(52(61)110)83-23(6)97)132-60-29(12-89)122-68(118)35(51(60)109)79-19(2)93)136-78-67(138-71-38(82-22(5)96)50(108)44(102)27(10-87)125-71)58(116)63(32(15-92)129-78)133-70-37(81-21(4)95)49(107)43(101)26(9-86)124-70/h18,25-78,85-92,99-118H,8-17H2,1-7H3,(H,79,93)(H,80,94)(H,81,95)(H,82,96)(H,83,97)(H,84,98)/t18-,25+,26+,27+,28+,29+,30+,31+,32+,33+,34+,35+,36+,37+,38-,39+,40+,41+,42+,43+,44+,45-,46+,47+,48+,49+,50+,51+,52+,53+,54+,55-,56-,57-,58-,59-,60+,61+,62+,63+,64-,65-,66+,67-,68+,69+,70-,71-,72-,73-,74-,75-,76-,77-,78+/m0/s1. The van der Waals surface area contributed by atoms with E-state index in [9.17, 15) is 172 Å². The molecular weight excluding hydrogens is 1900 g/mol. The molecule has 55 atom stereocenters. The molecule has 0 aliphatic carbocycles. The monoisotopic (exact) mass is 2030 g/mol. The number of aliphatic hydroxyl groups excluding tert-OH is 28. The third-order valence-corrected chi connectivity index (χ3v) is 25.3. The van der Waals surface area contributed by atoms with Gasteiger partial charge in [-0.2, -0.15) is 0 Å². The Kier molecular flexibility index (Phi) is 41.1. The summed E-state index contributed by atoms with van der Waals surface area (Å²) >= 11 is 0. The highest BCUT2D eigenvalue weighted by Crippen LogP contribution is 2.42. The van der Waals surface area contributed by atoms with E-state index in [0.29, 0.717) is 0 Å². The summed E-state index contributed by atoms with van der Waals surface area (Å²) < 4.78 is 128. The molecule has 11 saturated heterocycles. The van der Waals surface area contributed by atoms with Crippen LogP contribution in [0.5, 0.6) is 0 Å². The van der Waals surface area contributed by atoms with Crippen LogP contribution in [0.4, 0.5) is 0 Å². The topological polar surface area (TPSA) is 935 Å². The minimum absolute atomic E-state index is 0.830. The van der Waals surface area contributed by atoms with Crippen LogP contribution >= 0.6 is 0 Å². The molecule has 34 N–H and O–H groups in total. The summed E-state index contributed by atoms with van der Waals surface area (Å²) in [4.78, 5) is 77.3. The van der Waals surface area contributed by atoms with Crippen molar-refractivity contribution in [3.63, 3.8) is 0 Å². The molecule has 11 rings (SSSR count). The number of carbonyl (C=O) groups is 6. The zero-order chi connectivity index (χ0) is 102. The molecule has 139 heavy (non-hydrogen) atoms. The molecule has 6 amide bonds. The number of hydrogen-bond acceptors (Lipinski definition) is 55. The van der Waals surface area contributed by atoms with Crippen LogP contribution in [0.2, 0.25) is 0 Å². The van der Waals surface area contributed by atoms with Crippen molar-refractivity contribution in [1.29, 1.82) is 0 Å². The van der Waals surface area contributed by atoms with Crippen molar-refractivity contribution in [2.24, 2.45) is 0 Å². The number of aliphatic hydroxyl groups is 28. The Morgan fingerprint density at radius 1 is 0.201 bits per heavy atom. The quantitative estimate of drug-likeness (QED) is 0.0277. The number of amides is 6. The van der Waals surface area contributed by atoms with Gasteiger partial charge in [-0.3, -0.25) is 28.8 Å². The Morgan fingerprint density at radius 3 is 0.849 bits per heavy atom. The van der Waals surface area contributed by atoms with E-state index >= 15 is 0 Å². The molecule has 0 unspecified atom stereocenters. The zero-order valence-electron chi connectivity index (χ0n) is 75.4. The first kappa shape index (κ1) is 114. The van der Waals surface area contributed by atoms with Crippen LogP contribution in [0.15, 0.2) is 0 Å².